The number of nitrogens with zero attached hydrogens (tertiary/aromatic N) is 1. The van der Waals surface area contributed by atoms with Gasteiger partial charge in [-0.3, -0.25) is 4.79 Å². The van der Waals surface area contributed by atoms with E-state index in [2.05, 4.69) is 32.2 Å². The Morgan fingerprint density at radius 2 is 2.11 bits per heavy atom. The van der Waals surface area contributed by atoms with Crippen LogP contribution in [0.5, 0.6) is 0 Å². The number of rotatable bonds is 4. The van der Waals surface area contributed by atoms with Gasteiger partial charge in [0.2, 0.25) is 5.91 Å². The molecule has 1 aliphatic heterocycles. The highest BCUT2D eigenvalue weighted by Gasteiger charge is 2.36. The van der Waals surface area contributed by atoms with E-state index in [1.54, 1.807) is 0 Å². The molecule has 1 atom stereocenters. The van der Waals surface area contributed by atoms with Gasteiger partial charge in [0.25, 0.3) is 0 Å². The average molecular weight is 323 g/mol. The first-order valence-electron chi connectivity index (χ1n) is 7.03. The van der Waals surface area contributed by atoms with Crippen LogP contribution in [0.1, 0.15) is 31.2 Å². The minimum atomic E-state index is 0.0445. The molecule has 2 fully saturated rings. The van der Waals surface area contributed by atoms with Crippen LogP contribution in [0.2, 0.25) is 0 Å². The van der Waals surface area contributed by atoms with E-state index in [1.807, 2.05) is 18.2 Å². The maximum atomic E-state index is 12.6. The van der Waals surface area contributed by atoms with E-state index < -0.39 is 0 Å². The molecule has 1 heterocycles. The Kier molecular flexibility index (Phi) is 3.89. The molecule has 0 aromatic heterocycles. The molecule has 3 nitrogen and oxygen atoms in total. The Bertz CT molecular complexity index is 467. The van der Waals surface area contributed by atoms with Crippen molar-refractivity contribution in [2.75, 3.05) is 6.54 Å². The molecular formula is C15H19BrN2O. The fraction of sp³-hybridized carbons (Fsp3) is 0.533. The largest absolute Gasteiger partial charge is 0.334 e. The van der Waals surface area contributed by atoms with Gasteiger partial charge in [-0.1, -0.05) is 34.1 Å². The van der Waals surface area contributed by atoms with Crippen LogP contribution in [0.4, 0.5) is 0 Å². The first kappa shape index (κ1) is 13.1. The summed E-state index contributed by atoms with van der Waals surface area (Å²) in [4.78, 5) is 14.7. The Labute approximate surface area is 122 Å². The van der Waals surface area contributed by atoms with Crippen LogP contribution >= 0.6 is 15.9 Å². The van der Waals surface area contributed by atoms with Crippen LogP contribution in [0, 0.1) is 0 Å². The van der Waals surface area contributed by atoms with Gasteiger partial charge >= 0.3 is 0 Å². The van der Waals surface area contributed by atoms with Crippen molar-refractivity contribution in [3.63, 3.8) is 0 Å². The monoisotopic (exact) mass is 322 g/mol. The average Bonchev–Trinajstić information content (AvgIpc) is 3.11. The van der Waals surface area contributed by atoms with E-state index in [0.29, 0.717) is 6.04 Å². The lowest BCUT2D eigenvalue weighted by Gasteiger charge is -2.26. The van der Waals surface area contributed by atoms with Crippen molar-refractivity contribution in [1.82, 2.24) is 10.2 Å². The second kappa shape index (κ2) is 5.63. The van der Waals surface area contributed by atoms with Crippen molar-refractivity contribution in [1.29, 1.82) is 0 Å². The first-order valence-corrected chi connectivity index (χ1v) is 7.82. The molecule has 19 heavy (non-hydrogen) atoms. The molecule has 1 saturated carbocycles. The number of benzene rings is 1. The highest BCUT2D eigenvalue weighted by molar-refractivity contribution is 9.10. The summed E-state index contributed by atoms with van der Waals surface area (Å²) in [6.07, 6.45) is 4.41. The van der Waals surface area contributed by atoms with Crippen LogP contribution in [-0.2, 0) is 11.3 Å². The van der Waals surface area contributed by atoms with E-state index in [0.717, 1.165) is 43.2 Å². The zero-order valence-corrected chi connectivity index (χ0v) is 12.5. The van der Waals surface area contributed by atoms with Gasteiger partial charge in [-0.05, 0) is 43.9 Å². The molecule has 1 saturated heterocycles. The Morgan fingerprint density at radius 3 is 2.74 bits per heavy atom. The van der Waals surface area contributed by atoms with Crippen molar-refractivity contribution in [2.24, 2.45) is 0 Å². The van der Waals surface area contributed by atoms with Gasteiger partial charge in [-0.25, -0.2) is 0 Å². The predicted octanol–water partition coefficient (Wildman–Crippen LogP) is 2.69. The summed E-state index contributed by atoms with van der Waals surface area (Å²) >= 11 is 3.57. The summed E-state index contributed by atoms with van der Waals surface area (Å²) in [6.45, 7) is 1.70. The fourth-order valence-corrected chi connectivity index (χ4v) is 3.09. The topological polar surface area (TPSA) is 32.3 Å². The van der Waals surface area contributed by atoms with Crippen molar-refractivity contribution >= 4 is 21.8 Å². The molecule has 1 amide bonds. The van der Waals surface area contributed by atoms with Crippen LogP contribution < -0.4 is 5.32 Å². The number of nitrogens with one attached hydrogen (secondary N) is 1. The number of halogens is 1. The zero-order chi connectivity index (χ0) is 13.2. The van der Waals surface area contributed by atoms with Gasteiger partial charge in [0.1, 0.15) is 0 Å². The van der Waals surface area contributed by atoms with Gasteiger partial charge in [0, 0.05) is 17.1 Å². The highest BCUT2D eigenvalue weighted by atomic mass is 79.9. The summed E-state index contributed by atoms with van der Waals surface area (Å²) in [6, 6.07) is 8.68. The number of carbonyl (C=O) groups excluding carboxylic acids is 1. The molecular weight excluding hydrogens is 304 g/mol. The third-order valence-electron chi connectivity index (χ3n) is 3.93. The number of carbonyl (C=O) groups is 1. The molecule has 0 radical (unpaired) electrons. The Balaban J connectivity index is 1.74. The predicted molar refractivity (Wildman–Crippen MR) is 78.7 cm³/mol. The van der Waals surface area contributed by atoms with E-state index in [9.17, 15) is 4.79 Å². The quantitative estimate of drug-likeness (QED) is 0.924. The van der Waals surface area contributed by atoms with Crippen LogP contribution in [0.3, 0.4) is 0 Å². The molecule has 1 aromatic carbocycles. The maximum absolute atomic E-state index is 12.6. The van der Waals surface area contributed by atoms with Crippen molar-refractivity contribution in [2.45, 2.75) is 44.3 Å². The first-order chi connectivity index (χ1) is 9.25. The molecule has 2 aliphatic rings. The Hall–Kier alpha value is -0.870. The summed E-state index contributed by atoms with van der Waals surface area (Å²) in [7, 11) is 0. The lowest BCUT2D eigenvalue weighted by Crippen LogP contribution is -2.44. The minimum Gasteiger partial charge on any atom is -0.334 e. The second-order valence-corrected chi connectivity index (χ2v) is 6.29. The second-order valence-electron chi connectivity index (χ2n) is 5.44. The minimum absolute atomic E-state index is 0.0445. The third-order valence-corrected chi connectivity index (χ3v) is 4.70. The molecule has 1 N–H and O–H groups in total. The van der Waals surface area contributed by atoms with Crippen LogP contribution in [0.15, 0.2) is 28.7 Å². The SMILES string of the molecule is O=C([C@@H]1CCCN1)N(Cc1ccccc1Br)C1CC1. The van der Waals surface area contributed by atoms with E-state index in [1.165, 1.54) is 5.56 Å². The van der Waals surface area contributed by atoms with E-state index >= 15 is 0 Å². The molecule has 3 rings (SSSR count). The Morgan fingerprint density at radius 1 is 1.32 bits per heavy atom. The molecule has 102 valence electrons. The number of hydrogen-bond donors (Lipinski definition) is 1. The lowest BCUT2D eigenvalue weighted by atomic mass is 10.1. The van der Waals surface area contributed by atoms with Gasteiger partial charge in [-0.15, -0.1) is 0 Å². The van der Waals surface area contributed by atoms with Gasteiger partial charge in [-0.2, -0.15) is 0 Å². The summed E-state index contributed by atoms with van der Waals surface area (Å²) in [5, 5.41) is 3.32. The van der Waals surface area contributed by atoms with Gasteiger partial charge in [0.15, 0.2) is 0 Å². The third kappa shape index (κ3) is 3.00. The summed E-state index contributed by atoms with van der Waals surface area (Å²) < 4.78 is 1.09. The number of amides is 1. The molecule has 1 aliphatic carbocycles. The van der Waals surface area contributed by atoms with Gasteiger partial charge < -0.3 is 10.2 Å². The fourth-order valence-electron chi connectivity index (χ4n) is 2.68. The highest BCUT2D eigenvalue weighted by Crippen LogP contribution is 2.31. The standard InChI is InChI=1S/C15H19BrN2O/c16-13-5-2-1-4-11(13)10-18(12-7-8-12)15(19)14-6-3-9-17-14/h1-2,4-5,12,14,17H,3,6-10H2/t14-/m0/s1. The maximum Gasteiger partial charge on any atom is 0.240 e. The van der Waals surface area contributed by atoms with Crippen molar-refractivity contribution < 1.29 is 4.79 Å². The van der Waals surface area contributed by atoms with E-state index in [4.69, 9.17) is 0 Å². The lowest BCUT2D eigenvalue weighted by molar-refractivity contribution is -0.134. The smallest absolute Gasteiger partial charge is 0.240 e. The molecule has 0 unspecified atom stereocenters. The summed E-state index contributed by atoms with van der Waals surface area (Å²) in [5.74, 6) is 0.288. The van der Waals surface area contributed by atoms with Gasteiger partial charge in [0.05, 0.1) is 6.04 Å². The molecule has 0 spiro atoms. The van der Waals surface area contributed by atoms with Crippen molar-refractivity contribution in [3.05, 3.63) is 34.3 Å². The van der Waals surface area contributed by atoms with Crippen LogP contribution in [-0.4, -0.2) is 29.4 Å². The molecule has 0 bridgehead atoms. The van der Waals surface area contributed by atoms with E-state index in [-0.39, 0.29) is 11.9 Å². The zero-order valence-electron chi connectivity index (χ0n) is 10.9. The normalized spacial score (nSPS) is 22.5. The molecule has 1 aromatic rings. The van der Waals surface area contributed by atoms with Crippen LogP contribution in [0.25, 0.3) is 0 Å². The number of hydrogen-bond acceptors (Lipinski definition) is 2. The summed E-state index contributed by atoms with van der Waals surface area (Å²) in [5.41, 5.74) is 1.20. The van der Waals surface area contributed by atoms with Crippen molar-refractivity contribution in [3.8, 4) is 0 Å². The molecule has 4 heteroatoms.